The van der Waals surface area contributed by atoms with Crippen LogP contribution in [0.1, 0.15) is 23.1 Å². The number of para-hydroxylation sites is 1. The maximum atomic E-state index is 13.2. The average molecular weight is 399 g/mol. The molecule has 30 heavy (non-hydrogen) atoms. The number of benzene rings is 3. The molecule has 1 aliphatic heterocycles. The van der Waals surface area contributed by atoms with E-state index in [1.165, 1.54) is 5.56 Å². The molecule has 4 rings (SSSR count). The van der Waals surface area contributed by atoms with Gasteiger partial charge in [0.25, 0.3) is 0 Å². The maximum Gasteiger partial charge on any atom is 0.239 e. The smallest absolute Gasteiger partial charge is 0.239 e. The molecule has 4 nitrogen and oxygen atoms in total. The fraction of sp³-hybridized carbons (Fsp3) is 0.231. The number of nitrogens with zero attached hydrogens (tertiary/aromatic N) is 2. The fourth-order valence-electron chi connectivity index (χ4n) is 4.09. The summed E-state index contributed by atoms with van der Waals surface area (Å²) in [7, 11) is 1.77. The summed E-state index contributed by atoms with van der Waals surface area (Å²) >= 11 is 0. The minimum Gasteiger partial charge on any atom is -0.341 e. The third kappa shape index (κ3) is 4.28. The second kappa shape index (κ2) is 8.95. The largest absolute Gasteiger partial charge is 0.341 e. The van der Waals surface area contributed by atoms with Gasteiger partial charge in [0.05, 0.1) is 0 Å². The lowest BCUT2D eigenvalue weighted by molar-refractivity contribution is -0.139. The van der Waals surface area contributed by atoms with Crippen molar-refractivity contribution in [1.29, 1.82) is 0 Å². The quantitative estimate of drug-likeness (QED) is 0.581. The third-order valence-electron chi connectivity index (χ3n) is 5.66. The monoisotopic (exact) mass is 398 g/mol. The topological polar surface area (TPSA) is 40.6 Å². The van der Waals surface area contributed by atoms with Gasteiger partial charge in [-0.3, -0.25) is 9.59 Å². The Bertz CT molecular complexity index is 1020. The van der Waals surface area contributed by atoms with Crippen LogP contribution in [-0.2, 0) is 22.6 Å². The highest BCUT2D eigenvalue weighted by Crippen LogP contribution is 2.30. The lowest BCUT2D eigenvalue weighted by Crippen LogP contribution is -2.38. The summed E-state index contributed by atoms with van der Waals surface area (Å²) < 4.78 is 0. The molecule has 1 atom stereocenters. The maximum absolute atomic E-state index is 13.2. The van der Waals surface area contributed by atoms with E-state index in [0.717, 1.165) is 23.2 Å². The zero-order valence-electron chi connectivity index (χ0n) is 17.2. The normalized spacial score (nSPS) is 16.0. The van der Waals surface area contributed by atoms with Crippen molar-refractivity contribution in [3.63, 3.8) is 0 Å². The summed E-state index contributed by atoms with van der Waals surface area (Å²) in [5.41, 5.74) is 4.27. The highest BCUT2D eigenvalue weighted by Gasteiger charge is 2.39. The Morgan fingerprint density at radius 2 is 1.50 bits per heavy atom. The Balaban J connectivity index is 1.49. The molecule has 152 valence electrons. The molecular formula is C26H26N2O2. The van der Waals surface area contributed by atoms with Crippen LogP contribution in [0.3, 0.4) is 0 Å². The van der Waals surface area contributed by atoms with Gasteiger partial charge in [-0.05, 0) is 35.6 Å². The van der Waals surface area contributed by atoms with E-state index in [1.807, 2.05) is 66.7 Å². The van der Waals surface area contributed by atoms with Crippen LogP contribution in [0.15, 0.2) is 84.9 Å². The molecule has 0 aromatic heterocycles. The molecule has 0 bridgehead atoms. The first-order valence-electron chi connectivity index (χ1n) is 10.4. The van der Waals surface area contributed by atoms with Crippen molar-refractivity contribution in [3.8, 4) is 0 Å². The van der Waals surface area contributed by atoms with Crippen LogP contribution in [0.25, 0.3) is 0 Å². The molecule has 2 amide bonds. The van der Waals surface area contributed by atoms with Gasteiger partial charge in [-0.25, -0.2) is 0 Å². The number of hydrogen-bond acceptors (Lipinski definition) is 2. The molecule has 0 saturated carbocycles. The van der Waals surface area contributed by atoms with Gasteiger partial charge in [-0.2, -0.15) is 0 Å². The average Bonchev–Trinajstić information content (AvgIpc) is 3.16. The molecule has 1 aliphatic rings. The first-order chi connectivity index (χ1) is 14.6. The SMILES string of the molecule is CN(Cc1ccccc1)C(=O)[C@H]1CCN(c2ccccc2Cc2ccccc2)C1=O. The summed E-state index contributed by atoms with van der Waals surface area (Å²) in [4.78, 5) is 29.6. The molecule has 1 saturated heterocycles. The number of carbonyl (C=O) groups excluding carboxylic acids is 2. The van der Waals surface area contributed by atoms with Gasteiger partial charge in [-0.15, -0.1) is 0 Å². The van der Waals surface area contributed by atoms with E-state index in [9.17, 15) is 9.59 Å². The van der Waals surface area contributed by atoms with E-state index >= 15 is 0 Å². The predicted octanol–water partition coefficient (Wildman–Crippen LogP) is 4.29. The molecular weight excluding hydrogens is 372 g/mol. The van der Waals surface area contributed by atoms with Crippen LogP contribution < -0.4 is 4.90 Å². The lowest BCUT2D eigenvalue weighted by Gasteiger charge is -2.23. The summed E-state index contributed by atoms with van der Waals surface area (Å²) in [6.45, 7) is 1.08. The predicted molar refractivity (Wildman–Crippen MR) is 119 cm³/mol. The lowest BCUT2D eigenvalue weighted by atomic mass is 10.0. The Labute approximate surface area is 177 Å². The van der Waals surface area contributed by atoms with E-state index in [1.54, 1.807) is 16.8 Å². The molecule has 0 spiro atoms. The van der Waals surface area contributed by atoms with Crippen LogP contribution in [0.5, 0.6) is 0 Å². The molecule has 1 heterocycles. The minimum absolute atomic E-state index is 0.0968. The van der Waals surface area contributed by atoms with Crippen molar-refractivity contribution < 1.29 is 9.59 Å². The molecule has 0 aliphatic carbocycles. The van der Waals surface area contributed by atoms with Gasteiger partial charge in [0.15, 0.2) is 0 Å². The van der Waals surface area contributed by atoms with Crippen LogP contribution in [0.4, 0.5) is 5.69 Å². The van der Waals surface area contributed by atoms with Crippen molar-refractivity contribution in [3.05, 3.63) is 102 Å². The molecule has 3 aromatic carbocycles. The third-order valence-corrected chi connectivity index (χ3v) is 5.66. The van der Waals surface area contributed by atoms with Crippen LogP contribution in [-0.4, -0.2) is 30.3 Å². The Hall–Kier alpha value is -3.40. The highest BCUT2D eigenvalue weighted by atomic mass is 16.2. The molecule has 1 fully saturated rings. The Kier molecular flexibility index (Phi) is 5.94. The van der Waals surface area contributed by atoms with Crippen molar-refractivity contribution in [2.24, 2.45) is 5.92 Å². The first kappa shape index (κ1) is 19.9. The second-order valence-corrected chi connectivity index (χ2v) is 7.80. The van der Waals surface area contributed by atoms with Gasteiger partial charge in [-0.1, -0.05) is 78.9 Å². The van der Waals surface area contributed by atoms with Gasteiger partial charge in [0.1, 0.15) is 5.92 Å². The Morgan fingerprint density at radius 1 is 0.900 bits per heavy atom. The molecule has 3 aromatic rings. The van der Waals surface area contributed by atoms with E-state index in [0.29, 0.717) is 19.5 Å². The van der Waals surface area contributed by atoms with Gasteiger partial charge in [0.2, 0.25) is 11.8 Å². The van der Waals surface area contributed by atoms with Crippen LogP contribution >= 0.6 is 0 Å². The molecule has 0 N–H and O–H groups in total. The summed E-state index contributed by atoms with van der Waals surface area (Å²) in [6.07, 6.45) is 1.31. The van der Waals surface area contributed by atoms with E-state index in [4.69, 9.17) is 0 Å². The van der Waals surface area contributed by atoms with Crippen molar-refractivity contribution in [2.75, 3.05) is 18.5 Å². The number of anilines is 1. The van der Waals surface area contributed by atoms with Crippen molar-refractivity contribution in [2.45, 2.75) is 19.4 Å². The van der Waals surface area contributed by atoms with Crippen LogP contribution in [0.2, 0.25) is 0 Å². The van der Waals surface area contributed by atoms with E-state index < -0.39 is 5.92 Å². The van der Waals surface area contributed by atoms with Crippen molar-refractivity contribution >= 4 is 17.5 Å². The summed E-state index contributed by atoms with van der Waals surface area (Å²) in [5.74, 6) is -0.809. The summed E-state index contributed by atoms with van der Waals surface area (Å²) in [6, 6.07) is 28.1. The first-order valence-corrected chi connectivity index (χ1v) is 10.4. The minimum atomic E-state index is -0.608. The molecule has 4 heteroatoms. The van der Waals surface area contributed by atoms with E-state index in [2.05, 4.69) is 18.2 Å². The standard InChI is InChI=1S/C26H26N2O2/c1-27(19-21-12-6-3-7-13-21)25(29)23-16-17-28(26(23)30)24-15-9-8-14-22(24)18-20-10-4-2-5-11-20/h2-15,23H,16-19H2,1H3/t23-/m1/s1. The summed E-state index contributed by atoms with van der Waals surface area (Å²) in [5, 5.41) is 0. The zero-order chi connectivity index (χ0) is 20.9. The van der Waals surface area contributed by atoms with Gasteiger partial charge in [0, 0.05) is 25.8 Å². The highest BCUT2D eigenvalue weighted by molar-refractivity contribution is 6.09. The fourth-order valence-corrected chi connectivity index (χ4v) is 4.09. The van der Waals surface area contributed by atoms with E-state index in [-0.39, 0.29) is 11.8 Å². The van der Waals surface area contributed by atoms with Crippen molar-refractivity contribution in [1.82, 2.24) is 4.90 Å². The zero-order valence-corrected chi connectivity index (χ0v) is 17.2. The Morgan fingerprint density at radius 3 is 2.20 bits per heavy atom. The number of hydrogen-bond donors (Lipinski definition) is 0. The number of carbonyl (C=O) groups is 2. The number of amides is 2. The van der Waals surface area contributed by atoms with Gasteiger partial charge >= 0.3 is 0 Å². The number of rotatable bonds is 6. The second-order valence-electron chi connectivity index (χ2n) is 7.80. The molecule has 0 radical (unpaired) electrons. The molecule has 0 unspecified atom stereocenters. The van der Waals surface area contributed by atoms with Gasteiger partial charge < -0.3 is 9.80 Å². The van der Waals surface area contributed by atoms with Crippen LogP contribution in [0, 0.1) is 5.92 Å².